The molecule has 4 heterocycles. The molecule has 0 aromatic heterocycles. The molecule has 4 aliphatic rings. The number of amides is 1. The van der Waals surface area contributed by atoms with Crippen molar-refractivity contribution < 1.29 is 14.4 Å². The standard InChI is InChI=1S/C17H29N3O3/c21-17(20-6-3-9-23-20)16-13-22-12-14-10-19(11-15(14)16)8-7-18-4-1-2-5-18/h14-16H,1-13H2/t14-,15-,16+/m0/s1. The number of hydrogen-bond acceptors (Lipinski definition) is 5. The minimum absolute atomic E-state index is 0.0105. The zero-order chi connectivity index (χ0) is 15.6. The molecular formula is C17H29N3O3. The van der Waals surface area contributed by atoms with Crippen LogP contribution in [-0.4, -0.2) is 86.4 Å². The van der Waals surface area contributed by atoms with Crippen LogP contribution in [0.15, 0.2) is 0 Å². The van der Waals surface area contributed by atoms with Crippen LogP contribution in [0.2, 0.25) is 0 Å². The van der Waals surface area contributed by atoms with Crippen molar-refractivity contribution in [3.8, 4) is 0 Å². The number of carbonyl (C=O) groups excluding carboxylic acids is 1. The summed E-state index contributed by atoms with van der Waals surface area (Å²) in [5.41, 5.74) is 0. The van der Waals surface area contributed by atoms with Crippen LogP contribution in [0.4, 0.5) is 0 Å². The van der Waals surface area contributed by atoms with E-state index in [1.165, 1.54) is 32.5 Å². The van der Waals surface area contributed by atoms with Gasteiger partial charge in [-0.15, -0.1) is 0 Å². The lowest BCUT2D eigenvalue weighted by Gasteiger charge is -2.33. The minimum atomic E-state index is -0.0105. The summed E-state index contributed by atoms with van der Waals surface area (Å²) in [7, 11) is 0. The summed E-state index contributed by atoms with van der Waals surface area (Å²) in [6.45, 7) is 9.77. The highest BCUT2D eigenvalue weighted by atomic mass is 16.7. The smallest absolute Gasteiger partial charge is 0.251 e. The van der Waals surface area contributed by atoms with Crippen molar-refractivity contribution in [1.82, 2.24) is 14.9 Å². The number of rotatable bonds is 4. The molecule has 0 aromatic carbocycles. The third-order valence-corrected chi connectivity index (χ3v) is 5.96. The van der Waals surface area contributed by atoms with Gasteiger partial charge in [0.2, 0.25) is 0 Å². The Bertz CT molecular complexity index is 421. The first-order chi connectivity index (χ1) is 11.3. The molecular weight excluding hydrogens is 294 g/mol. The third-order valence-electron chi connectivity index (χ3n) is 5.96. The zero-order valence-corrected chi connectivity index (χ0v) is 14.0. The van der Waals surface area contributed by atoms with Crippen LogP contribution in [0.25, 0.3) is 0 Å². The Morgan fingerprint density at radius 1 is 0.957 bits per heavy atom. The van der Waals surface area contributed by atoms with Crippen molar-refractivity contribution >= 4 is 5.91 Å². The molecule has 23 heavy (non-hydrogen) atoms. The van der Waals surface area contributed by atoms with Gasteiger partial charge in [-0.25, -0.2) is 5.06 Å². The van der Waals surface area contributed by atoms with Crippen molar-refractivity contribution in [3.05, 3.63) is 0 Å². The molecule has 4 saturated heterocycles. The Morgan fingerprint density at radius 2 is 1.78 bits per heavy atom. The number of hydroxylamine groups is 2. The maximum Gasteiger partial charge on any atom is 0.251 e. The van der Waals surface area contributed by atoms with Crippen molar-refractivity contribution in [2.24, 2.45) is 17.8 Å². The highest BCUT2D eigenvalue weighted by Crippen LogP contribution is 2.35. The molecule has 3 atom stereocenters. The Labute approximate surface area is 138 Å². The summed E-state index contributed by atoms with van der Waals surface area (Å²) in [6.07, 6.45) is 3.66. The number of fused-ring (bicyclic) bond motifs is 1. The van der Waals surface area contributed by atoms with E-state index in [9.17, 15) is 4.79 Å². The number of likely N-dealkylation sites (tertiary alicyclic amines) is 2. The molecule has 4 fully saturated rings. The molecule has 0 bridgehead atoms. The first kappa shape index (κ1) is 15.8. The van der Waals surface area contributed by atoms with Crippen LogP contribution in [0, 0.1) is 17.8 Å². The summed E-state index contributed by atoms with van der Waals surface area (Å²) < 4.78 is 5.76. The predicted molar refractivity (Wildman–Crippen MR) is 85.7 cm³/mol. The lowest BCUT2D eigenvalue weighted by Crippen LogP contribution is -2.45. The van der Waals surface area contributed by atoms with Gasteiger partial charge in [0, 0.05) is 26.2 Å². The van der Waals surface area contributed by atoms with Crippen molar-refractivity contribution in [2.75, 3.05) is 65.6 Å². The van der Waals surface area contributed by atoms with E-state index in [0.29, 0.717) is 25.0 Å². The SMILES string of the molecule is O=C([C@@H]1COC[C@@H]2CN(CCN3CCCC3)C[C@@H]21)N1CCCO1. The highest BCUT2D eigenvalue weighted by Gasteiger charge is 2.45. The number of ether oxygens (including phenoxy) is 1. The average Bonchev–Trinajstić information content (AvgIpc) is 3.32. The molecule has 0 N–H and O–H groups in total. The molecule has 0 aliphatic carbocycles. The van der Waals surface area contributed by atoms with Gasteiger partial charge in [-0.05, 0) is 44.2 Å². The second-order valence-electron chi connectivity index (χ2n) is 7.50. The fraction of sp³-hybridized carbons (Fsp3) is 0.941. The molecule has 6 nitrogen and oxygen atoms in total. The first-order valence-electron chi connectivity index (χ1n) is 9.28. The number of nitrogens with zero attached hydrogens (tertiary/aromatic N) is 3. The average molecular weight is 323 g/mol. The largest absolute Gasteiger partial charge is 0.380 e. The minimum Gasteiger partial charge on any atom is -0.380 e. The zero-order valence-electron chi connectivity index (χ0n) is 14.0. The fourth-order valence-electron chi connectivity index (χ4n) is 4.62. The van der Waals surface area contributed by atoms with Crippen LogP contribution >= 0.6 is 0 Å². The van der Waals surface area contributed by atoms with Crippen molar-refractivity contribution in [3.63, 3.8) is 0 Å². The van der Waals surface area contributed by atoms with Crippen molar-refractivity contribution in [1.29, 1.82) is 0 Å². The van der Waals surface area contributed by atoms with E-state index < -0.39 is 0 Å². The van der Waals surface area contributed by atoms with Gasteiger partial charge < -0.3 is 14.5 Å². The van der Waals surface area contributed by atoms with Gasteiger partial charge in [-0.1, -0.05) is 0 Å². The Hall–Kier alpha value is -0.690. The van der Waals surface area contributed by atoms with Gasteiger partial charge in [0.15, 0.2) is 0 Å². The van der Waals surface area contributed by atoms with Crippen LogP contribution in [0.1, 0.15) is 19.3 Å². The maximum atomic E-state index is 12.7. The molecule has 1 amide bonds. The third kappa shape index (κ3) is 3.40. The topological polar surface area (TPSA) is 45.2 Å². The number of carbonyl (C=O) groups is 1. The van der Waals surface area contributed by atoms with Crippen LogP contribution in [-0.2, 0) is 14.4 Å². The van der Waals surface area contributed by atoms with E-state index in [1.807, 2.05) is 0 Å². The predicted octanol–water partition coefficient (Wildman–Crippen LogP) is 0.441. The summed E-state index contributed by atoms with van der Waals surface area (Å²) >= 11 is 0. The lowest BCUT2D eigenvalue weighted by molar-refractivity contribution is -0.181. The second-order valence-corrected chi connectivity index (χ2v) is 7.50. The second kappa shape index (κ2) is 7.05. The van der Waals surface area contributed by atoms with E-state index in [2.05, 4.69) is 9.80 Å². The quantitative estimate of drug-likeness (QED) is 0.751. The monoisotopic (exact) mass is 323 g/mol. The molecule has 0 radical (unpaired) electrons. The molecule has 0 aromatic rings. The molecule has 0 saturated carbocycles. The van der Waals surface area contributed by atoms with Gasteiger partial charge in [-0.3, -0.25) is 9.63 Å². The first-order valence-corrected chi connectivity index (χ1v) is 9.28. The molecule has 4 aliphatic heterocycles. The van der Waals surface area contributed by atoms with E-state index in [1.54, 1.807) is 5.06 Å². The van der Waals surface area contributed by atoms with Gasteiger partial charge >= 0.3 is 0 Å². The van der Waals surface area contributed by atoms with Gasteiger partial charge in [0.1, 0.15) is 0 Å². The molecule has 0 unspecified atom stereocenters. The normalized spacial score (nSPS) is 35.8. The van der Waals surface area contributed by atoms with Crippen LogP contribution < -0.4 is 0 Å². The van der Waals surface area contributed by atoms with Crippen molar-refractivity contribution in [2.45, 2.75) is 19.3 Å². The van der Waals surface area contributed by atoms with Gasteiger partial charge in [0.05, 0.1) is 32.3 Å². The summed E-state index contributed by atoms with van der Waals surface area (Å²) in [4.78, 5) is 23.3. The van der Waals surface area contributed by atoms with E-state index >= 15 is 0 Å². The molecule has 4 rings (SSSR count). The van der Waals surface area contributed by atoms with Crippen LogP contribution in [0.3, 0.4) is 0 Å². The van der Waals surface area contributed by atoms with E-state index in [4.69, 9.17) is 9.57 Å². The van der Waals surface area contributed by atoms with E-state index in [0.717, 1.165) is 39.2 Å². The summed E-state index contributed by atoms with van der Waals surface area (Å²) in [6, 6.07) is 0. The highest BCUT2D eigenvalue weighted by molar-refractivity contribution is 5.78. The lowest BCUT2D eigenvalue weighted by atomic mass is 9.82. The fourth-order valence-corrected chi connectivity index (χ4v) is 4.62. The maximum absolute atomic E-state index is 12.7. The Morgan fingerprint density at radius 3 is 2.57 bits per heavy atom. The Kier molecular flexibility index (Phi) is 4.85. The summed E-state index contributed by atoms with van der Waals surface area (Å²) in [5, 5.41) is 1.59. The van der Waals surface area contributed by atoms with E-state index in [-0.39, 0.29) is 11.8 Å². The molecule has 6 heteroatoms. The molecule has 0 spiro atoms. The van der Waals surface area contributed by atoms with Crippen LogP contribution in [0.5, 0.6) is 0 Å². The molecule has 130 valence electrons. The van der Waals surface area contributed by atoms with Gasteiger partial charge in [0.25, 0.3) is 5.91 Å². The van der Waals surface area contributed by atoms with Gasteiger partial charge in [-0.2, -0.15) is 0 Å². The summed E-state index contributed by atoms with van der Waals surface area (Å²) in [5.74, 6) is 1.10. The number of hydrogen-bond donors (Lipinski definition) is 0. The Balaban J connectivity index is 1.33.